The number of carbonyl (C=O) groups is 1. The normalized spacial score (nSPS) is 35.3. The van der Waals surface area contributed by atoms with Gasteiger partial charge in [-0.3, -0.25) is 4.79 Å². The zero-order chi connectivity index (χ0) is 13.2. The van der Waals surface area contributed by atoms with Crippen LogP contribution in [-0.4, -0.2) is 45.0 Å². The van der Waals surface area contributed by atoms with Crippen LogP contribution in [0.4, 0.5) is 0 Å². The van der Waals surface area contributed by atoms with Crippen molar-refractivity contribution in [3.05, 3.63) is 0 Å². The van der Waals surface area contributed by atoms with Gasteiger partial charge in [0.2, 0.25) is 5.91 Å². The van der Waals surface area contributed by atoms with E-state index in [2.05, 4.69) is 17.6 Å². The Morgan fingerprint density at radius 2 is 2.11 bits per heavy atom. The summed E-state index contributed by atoms with van der Waals surface area (Å²) in [6, 6.07) is 0.567. The van der Waals surface area contributed by atoms with Crippen molar-refractivity contribution in [2.24, 2.45) is 11.8 Å². The molecule has 104 valence electrons. The van der Waals surface area contributed by atoms with Crippen LogP contribution in [0.1, 0.15) is 26.2 Å². The number of hydrogen-bond acceptors (Lipinski definition) is 4. The van der Waals surface area contributed by atoms with Gasteiger partial charge in [-0.15, -0.1) is 0 Å². The predicted octanol–water partition coefficient (Wildman–Crippen LogP) is -0.0746. The lowest BCUT2D eigenvalue weighted by Crippen LogP contribution is -2.43. The molecule has 2 saturated heterocycles. The number of rotatable bonds is 3. The highest BCUT2D eigenvalue weighted by atomic mass is 32.2. The summed E-state index contributed by atoms with van der Waals surface area (Å²) in [6.45, 7) is 3.76. The maximum atomic E-state index is 11.8. The first kappa shape index (κ1) is 13.8. The van der Waals surface area contributed by atoms with E-state index in [4.69, 9.17) is 0 Å². The fourth-order valence-corrected chi connectivity index (χ4v) is 4.36. The lowest BCUT2D eigenvalue weighted by atomic mass is 9.95. The van der Waals surface area contributed by atoms with E-state index in [1.807, 2.05) is 0 Å². The molecule has 0 radical (unpaired) electrons. The number of amides is 1. The van der Waals surface area contributed by atoms with E-state index in [1.165, 1.54) is 0 Å². The summed E-state index contributed by atoms with van der Waals surface area (Å²) in [5, 5.41) is 6.29. The standard InChI is InChI=1S/C12H22N2O3S/c1-9-2-3-10(6-13-9)7-14-12(15)11-4-5-18(16,17)8-11/h9-11,13H,2-8H2,1H3,(H,14,15). The van der Waals surface area contributed by atoms with Crippen molar-refractivity contribution in [1.29, 1.82) is 0 Å². The van der Waals surface area contributed by atoms with Crippen molar-refractivity contribution in [1.82, 2.24) is 10.6 Å². The summed E-state index contributed by atoms with van der Waals surface area (Å²) >= 11 is 0. The molecule has 3 unspecified atom stereocenters. The van der Waals surface area contributed by atoms with Crippen LogP contribution in [0, 0.1) is 11.8 Å². The molecule has 0 aromatic heterocycles. The molecule has 1 amide bonds. The van der Waals surface area contributed by atoms with Gasteiger partial charge >= 0.3 is 0 Å². The van der Waals surface area contributed by atoms with E-state index in [1.54, 1.807) is 0 Å². The Kier molecular flexibility index (Phi) is 4.27. The molecule has 2 fully saturated rings. The van der Waals surface area contributed by atoms with E-state index >= 15 is 0 Å². The van der Waals surface area contributed by atoms with Crippen LogP contribution in [-0.2, 0) is 14.6 Å². The van der Waals surface area contributed by atoms with Crippen LogP contribution in [0.5, 0.6) is 0 Å². The van der Waals surface area contributed by atoms with E-state index < -0.39 is 9.84 Å². The van der Waals surface area contributed by atoms with Crippen LogP contribution in [0.25, 0.3) is 0 Å². The van der Waals surface area contributed by atoms with Crippen LogP contribution in [0.3, 0.4) is 0 Å². The monoisotopic (exact) mass is 274 g/mol. The van der Waals surface area contributed by atoms with Crippen molar-refractivity contribution in [2.75, 3.05) is 24.6 Å². The minimum absolute atomic E-state index is 0.0266. The molecule has 2 aliphatic rings. The van der Waals surface area contributed by atoms with E-state index in [-0.39, 0.29) is 23.3 Å². The van der Waals surface area contributed by atoms with Crippen LogP contribution < -0.4 is 10.6 Å². The Hall–Kier alpha value is -0.620. The zero-order valence-electron chi connectivity index (χ0n) is 10.8. The average Bonchev–Trinajstić information content (AvgIpc) is 2.69. The Labute approximate surface area is 109 Å². The molecule has 3 atom stereocenters. The minimum Gasteiger partial charge on any atom is -0.356 e. The van der Waals surface area contributed by atoms with Gasteiger partial charge in [0.15, 0.2) is 9.84 Å². The van der Waals surface area contributed by atoms with Gasteiger partial charge in [-0.25, -0.2) is 8.42 Å². The number of nitrogens with one attached hydrogen (secondary N) is 2. The Bertz CT molecular complexity index is 400. The highest BCUT2D eigenvalue weighted by molar-refractivity contribution is 7.91. The average molecular weight is 274 g/mol. The van der Waals surface area contributed by atoms with Gasteiger partial charge in [0.25, 0.3) is 0 Å². The quantitative estimate of drug-likeness (QED) is 0.755. The lowest BCUT2D eigenvalue weighted by Gasteiger charge is -2.28. The highest BCUT2D eigenvalue weighted by Gasteiger charge is 2.33. The molecule has 0 spiro atoms. The van der Waals surface area contributed by atoms with Gasteiger partial charge in [0, 0.05) is 12.6 Å². The van der Waals surface area contributed by atoms with Gasteiger partial charge in [-0.05, 0) is 38.6 Å². The highest BCUT2D eigenvalue weighted by Crippen LogP contribution is 2.19. The summed E-state index contributed by atoms with van der Waals surface area (Å²) in [6.07, 6.45) is 2.74. The topological polar surface area (TPSA) is 75.3 Å². The van der Waals surface area contributed by atoms with Gasteiger partial charge in [-0.2, -0.15) is 0 Å². The third kappa shape index (κ3) is 3.68. The Morgan fingerprint density at radius 3 is 2.67 bits per heavy atom. The smallest absolute Gasteiger partial charge is 0.224 e. The summed E-state index contributed by atoms with van der Waals surface area (Å²) in [4.78, 5) is 11.8. The second-order valence-corrected chi connectivity index (χ2v) is 7.83. The Balaban J connectivity index is 1.72. The fourth-order valence-electron chi connectivity index (χ4n) is 2.62. The molecule has 2 N–H and O–H groups in total. The number of sulfone groups is 1. The van der Waals surface area contributed by atoms with Gasteiger partial charge < -0.3 is 10.6 Å². The van der Waals surface area contributed by atoms with Crippen LogP contribution in [0.2, 0.25) is 0 Å². The van der Waals surface area contributed by atoms with E-state index in [0.717, 1.165) is 19.4 Å². The van der Waals surface area contributed by atoms with Crippen molar-refractivity contribution in [2.45, 2.75) is 32.2 Å². The maximum absolute atomic E-state index is 11.8. The number of piperidine rings is 1. The predicted molar refractivity (Wildman–Crippen MR) is 70.0 cm³/mol. The molecule has 0 aromatic carbocycles. The molecule has 18 heavy (non-hydrogen) atoms. The molecule has 0 aliphatic carbocycles. The van der Waals surface area contributed by atoms with Crippen molar-refractivity contribution >= 4 is 15.7 Å². The molecule has 0 bridgehead atoms. The second-order valence-electron chi connectivity index (χ2n) is 5.60. The van der Waals surface area contributed by atoms with E-state index in [0.29, 0.717) is 24.9 Å². The molecule has 2 rings (SSSR count). The maximum Gasteiger partial charge on any atom is 0.224 e. The molecular weight excluding hydrogens is 252 g/mol. The van der Waals surface area contributed by atoms with Gasteiger partial charge in [0.05, 0.1) is 17.4 Å². The molecule has 5 nitrogen and oxygen atoms in total. The molecular formula is C12H22N2O3S. The summed E-state index contributed by atoms with van der Waals surface area (Å²) in [5.74, 6) is 0.246. The molecule has 6 heteroatoms. The number of carbonyl (C=O) groups excluding carboxylic acids is 1. The van der Waals surface area contributed by atoms with E-state index in [9.17, 15) is 13.2 Å². The second kappa shape index (κ2) is 5.57. The first-order chi connectivity index (χ1) is 8.46. The third-order valence-electron chi connectivity index (χ3n) is 3.93. The van der Waals surface area contributed by atoms with Crippen molar-refractivity contribution in [3.63, 3.8) is 0 Å². The Morgan fingerprint density at radius 1 is 1.33 bits per heavy atom. The number of hydrogen-bond donors (Lipinski definition) is 2. The zero-order valence-corrected chi connectivity index (χ0v) is 11.6. The fraction of sp³-hybridized carbons (Fsp3) is 0.917. The first-order valence-corrected chi connectivity index (χ1v) is 8.50. The summed E-state index contributed by atoms with van der Waals surface area (Å²) in [7, 11) is -2.96. The molecule has 2 heterocycles. The third-order valence-corrected chi connectivity index (χ3v) is 5.70. The van der Waals surface area contributed by atoms with Crippen molar-refractivity contribution < 1.29 is 13.2 Å². The SMILES string of the molecule is CC1CCC(CNC(=O)C2CCS(=O)(=O)C2)CN1. The minimum atomic E-state index is -2.96. The van der Waals surface area contributed by atoms with Crippen LogP contribution in [0.15, 0.2) is 0 Å². The van der Waals surface area contributed by atoms with Crippen LogP contribution >= 0.6 is 0 Å². The first-order valence-electron chi connectivity index (χ1n) is 6.68. The largest absolute Gasteiger partial charge is 0.356 e. The van der Waals surface area contributed by atoms with Crippen molar-refractivity contribution in [3.8, 4) is 0 Å². The molecule has 0 aromatic rings. The molecule has 0 saturated carbocycles. The van der Waals surface area contributed by atoms with Gasteiger partial charge in [-0.1, -0.05) is 0 Å². The summed E-state index contributed by atoms with van der Waals surface area (Å²) in [5.41, 5.74) is 0. The van der Waals surface area contributed by atoms with Gasteiger partial charge in [0.1, 0.15) is 0 Å². The lowest BCUT2D eigenvalue weighted by molar-refractivity contribution is -0.124. The summed E-state index contributed by atoms with van der Waals surface area (Å²) < 4.78 is 22.6. The molecule has 2 aliphatic heterocycles.